The van der Waals surface area contributed by atoms with E-state index in [-0.39, 0.29) is 5.41 Å². The predicted molar refractivity (Wildman–Crippen MR) is 100 cm³/mol. The summed E-state index contributed by atoms with van der Waals surface area (Å²) in [6.07, 6.45) is 3.09. The molecule has 0 saturated carbocycles. The van der Waals surface area contributed by atoms with Crippen molar-refractivity contribution in [2.75, 3.05) is 25.5 Å². The number of fused-ring (bicyclic) bond motifs is 5. The van der Waals surface area contributed by atoms with Gasteiger partial charge in [-0.05, 0) is 42.7 Å². The molecule has 1 aromatic rings. The van der Waals surface area contributed by atoms with Gasteiger partial charge in [0.25, 0.3) is 5.91 Å². The van der Waals surface area contributed by atoms with Crippen LogP contribution in [0.2, 0.25) is 0 Å². The second kappa shape index (κ2) is 6.51. The molecule has 6 heteroatoms. The SMILES string of the molecule is CCC12CCCN(C1)C(=O)C(=O)C1C(=C(C(=O)OC)C2)Nc2ccccc21. The van der Waals surface area contributed by atoms with Gasteiger partial charge in [0.05, 0.1) is 18.6 Å². The van der Waals surface area contributed by atoms with E-state index < -0.39 is 23.6 Å². The number of carbonyl (C=O) groups is 3. The molecule has 2 unspecified atom stereocenters. The molecule has 2 bridgehead atoms. The Bertz CT molecular complexity index is 859. The monoisotopic (exact) mass is 368 g/mol. The van der Waals surface area contributed by atoms with Crippen molar-refractivity contribution in [1.29, 1.82) is 0 Å². The Hall–Kier alpha value is -2.63. The number of amides is 1. The zero-order valence-corrected chi connectivity index (χ0v) is 15.7. The van der Waals surface area contributed by atoms with Crippen molar-refractivity contribution in [1.82, 2.24) is 4.90 Å². The first-order chi connectivity index (χ1) is 13.0. The summed E-state index contributed by atoms with van der Waals surface area (Å²) in [5, 5.41) is 3.26. The molecule has 6 nitrogen and oxygen atoms in total. The molecule has 0 spiro atoms. The smallest absolute Gasteiger partial charge is 0.335 e. The molecular weight excluding hydrogens is 344 g/mol. The Labute approximate surface area is 158 Å². The summed E-state index contributed by atoms with van der Waals surface area (Å²) in [5.74, 6) is -2.12. The van der Waals surface area contributed by atoms with Gasteiger partial charge in [-0.15, -0.1) is 0 Å². The Balaban J connectivity index is 1.94. The number of hydrogen-bond acceptors (Lipinski definition) is 5. The summed E-state index contributed by atoms with van der Waals surface area (Å²) in [7, 11) is 1.36. The number of piperidine rings is 1. The lowest BCUT2D eigenvalue weighted by Crippen LogP contribution is -2.48. The summed E-state index contributed by atoms with van der Waals surface area (Å²) in [5.41, 5.74) is 2.31. The van der Waals surface area contributed by atoms with Gasteiger partial charge in [0, 0.05) is 24.5 Å². The molecule has 0 aliphatic carbocycles. The molecule has 2 atom stereocenters. The van der Waals surface area contributed by atoms with E-state index in [2.05, 4.69) is 12.2 Å². The van der Waals surface area contributed by atoms with E-state index in [4.69, 9.17) is 4.74 Å². The lowest BCUT2D eigenvalue weighted by molar-refractivity contribution is -0.147. The van der Waals surface area contributed by atoms with E-state index in [0.29, 0.717) is 30.8 Å². The second-order valence-electron chi connectivity index (χ2n) is 7.75. The fourth-order valence-corrected chi connectivity index (χ4v) is 4.75. The number of benzene rings is 1. The maximum absolute atomic E-state index is 13.2. The number of esters is 1. The number of anilines is 1. The largest absolute Gasteiger partial charge is 0.466 e. The molecule has 0 aromatic heterocycles. The van der Waals surface area contributed by atoms with Gasteiger partial charge in [-0.1, -0.05) is 25.1 Å². The molecule has 142 valence electrons. The predicted octanol–water partition coefficient (Wildman–Crippen LogP) is 2.61. The number of hydrogen-bond donors (Lipinski definition) is 1. The minimum absolute atomic E-state index is 0.212. The molecule has 1 amide bonds. The lowest BCUT2D eigenvalue weighted by Gasteiger charge is -2.42. The molecule has 3 heterocycles. The number of Topliss-reactive ketones (excluding diaryl/α,β-unsaturated/α-hetero) is 1. The molecule has 1 fully saturated rings. The van der Waals surface area contributed by atoms with Crippen molar-refractivity contribution < 1.29 is 19.1 Å². The highest BCUT2D eigenvalue weighted by Gasteiger charge is 2.47. The molecule has 1 aromatic carbocycles. The van der Waals surface area contributed by atoms with Crippen molar-refractivity contribution >= 4 is 23.3 Å². The average molecular weight is 368 g/mol. The maximum Gasteiger partial charge on any atom is 0.335 e. The summed E-state index contributed by atoms with van der Waals surface area (Å²) in [6, 6.07) is 7.42. The minimum Gasteiger partial charge on any atom is -0.466 e. The number of carbonyl (C=O) groups excluding carboxylic acids is 3. The highest BCUT2D eigenvalue weighted by molar-refractivity contribution is 6.39. The highest BCUT2D eigenvalue weighted by atomic mass is 16.5. The molecule has 27 heavy (non-hydrogen) atoms. The van der Waals surface area contributed by atoms with Crippen LogP contribution in [0.15, 0.2) is 35.5 Å². The Kier molecular flexibility index (Phi) is 4.29. The third-order valence-corrected chi connectivity index (χ3v) is 6.31. The van der Waals surface area contributed by atoms with E-state index in [1.54, 1.807) is 4.90 Å². The van der Waals surface area contributed by atoms with Crippen molar-refractivity contribution in [3.63, 3.8) is 0 Å². The maximum atomic E-state index is 13.2. The van der Waals surface area contributed by atoms with Crippen molar-refractivity contribution in [2.45, 2.75) is 38.5 Å². The number of nitrogens with one attached hydrogen (secondary N) is 1. The number of nitrogens with zero attached hydrogens (tertiary/aromatic N) is 1. The first kappa shape index (κ1) is 17.8. The molecule has 0 radical (unpaired) electrons. The quantitative estimate of drug-likeness (QED) is 0.641. The number of para-hydroxylation sites is 1. The van der Waals surface area contributed by atoms with Crippen LogP contribution in [0, 0.1) is 5.41 Å². The van der Waals surface area contributed by atoms with Gasteiger partial charge in [0.15, 0.2) is 0 Å². The van der Waals surface area contributed by atoms with E-state index in [1.165, 1.54) is 7.11 Å². The number of rotatable bonds is 2. The van der Waals surface area contributed by atoms with Crippen LogP contribution in [0.25, 0.3) is 0 Å². The fourth-order valence-electron chi connectivity index (χ4n) is 4.75. The number of allylic oxidation sites excluding steroid dienone is 1. The topological polar surface area (TPSA) is 75.7 Å². The number of methoxy groups -OCH3 is 1. The van der Waals surface area contributed by atoms with Gasteiger partial charge < -0.3 is 15.0 Å². The van der Waals surface area contributed by atoms with Crippen LogP contribution in [0.1, 0.15) is 44.1 Å². The molecule has 3 aliphatic heterocycles. The first-order valence-electron chi connectivity index (χ1n) is 9.50. The molecule has 4 rings (SSSR count). The Morgan fingerprint density at radius 3 is 2.85 bits per heavy atom. The normalized spacial score (nSPS) is 27.2. The third-order valence-electron chi connectivity index (χ3n) is 6.31. The molecular formula is C21H24N2O4. The second-order valence-corrected chi connectivity index (χ2v) is 7.75. The van der Waals surface area contributed by atoms with Crippen LogP contribution in [0.4, 0.5) is 5.69 Å². The van der Waals surface area contributed by atoms with E-state index in [1.807, 2.05) is 24.3 Å². The van der Waals surface area contributed by atoms with Crippen LogP contribution in [-0.4, -0.2) is 42.8 Å². The van der Waals surface area contributed by atoms with Crippen LogP contribution in [-0.2, 0) is 19.1 Å². The minimum atomic E-state index is -0.768. The molecule has 1 N–H and O–H groups in total. The number of ketones is 1. The van der Waals surface area contributed by atoms with Gasteiger partial charge >= 0.3 is 5.97 Å². The third kappa shape index (κ3) is 2.74. The lowest BCUT2D eigenvalue weighted by atomic mass is 9.72. The van der Waals surface area contributed by atoms with E-state index >= 15 is 0 Å². The summed E-state index contributed by atoms with van der Waals surface area (Å²) in [6.45, 7) is 3.19. The van der Waals surface area contributed by atoms with E-state index in [9.17, 15) is 14.4 Å². The zero-order chi connectivity index (χ0) is 19.2. The van der Waals surface area contributed by atoms with Crippen LogP contribution >= 0.6 is 0 Å². The van der Waals surface area contributed by atoms with Crippen molar-refractivity contribution in [3.05, 3.63) is 41.1 Å². The van der Waals surface area contributed by atoms with Gasteiger partial charge in [0.2, 0.25) is 5.78 Å². The van der Waals surface area contributed by atoms with Gasteiger partial charge in [-0.25, -0.2) is 4.79 Å². The molecule has 1 saturated heterocycles. The van der Waals surface area contributed by atoms with Gasteiger partial charge in [-0.3, -0.25) is 9.59 Å². The number of ether oxygens (including phenoxy) is 1. The Morgan fingerprint density at radius 1 is 1.33 bits per heavy atom. The van der Waals surface area contributed by atoms with Crippen molar-refractivity contribution in [3.8, 4) is 0 Å². The van der Waals surface area contributed by atoms with Crippen LogP contribution in [0.3, 0.4) is 0 Å². The fraction of sp³-hybridized carbons (Fsp3) is 0.476. The van der Waals surface area contributed by atoms with Crippen LogP contribution < -0.4 is 5.32 Å². The standard InChI is InChI=1S/C21H24N2O4/c1-3-21-9-6-10-23(12-21)19(25)18(24)16-13-7-4-5-8-15(13)22-17(16)14(11-21)20(26)27-2/h4-5,7-8,16,22H,3,6,9-12H2,1-2H3. The molecule has 3 aliphatic rings. The van der Waals surface area contributed by atoms with Gasteiger partial charge in [0.1, 0.15) is 0 Å². The highest BCUT2D eigenvalue weighted by Crippen LogP contribution is 2.47. The van der Waals surface area contributed by atoms with Crippen molar-refractivity contribution in [2.24, 2.45) is 5.41 Å². The summed E-state index contributed by atoms with van der Waals surface area (Å²) >= 11 is 0. The zero-order valence-electron chi connectivity index (χ0n) is 15.7. The van der Waals surface area contributed by atoms with Gasteiger partial charge in [-0.2, -0.15) is 0 Å². The first-order valence-corrected chi connectivity index (χ1v) is 9.50. The van der Waals surface area contributed by atoms with Crippen LogP contribution in [0.5, 0.6) is 0 Å². The Morgan fingerprint density at radius 2 is 2.11 bits per heavy atom. The summed E-state index contributed by atoms with van der Waals surface area (Å²) in [4.78, 5) is 40.7. The summed E-state index contributed by atoms with van der Waals surface area (Å²) < 4.78 is 5.08. The van der Waals surface area contributed by atoms with E-state index in [0.717, 1.165) is 30.5 Å². The average Bonchev–Trinajstić information content (AvgIpc) is 3.09.